The zero-order valence-corrected chi connectivity index (χ0v) is 21.8. The smallest absolute Gasteiger partial charge is 0.252 e. The molecule has 2 aliphatic rings. The quantitative estimate of drug-likeness (QED) is 0.353. The predicted octanol–water partition coefficient (Wildman–Crippen LogP) is 3.65. The first-order chi connectivity index (χ1) is 15.0. The molecule has 2 heterocycles. The van der Waals surface area contributed by atoms with Crippen molar-refractivity contribution in [1.82, 2.24) is 14.9 Å². The molecule has 10 heteroatoms. The molecule has 2 aliphatic heterocycles. The molecule has 1 aromatic rings. The van der Waals surface area contributed by atoms with Gasteiger partial charge in [-0.1, -0.05) is 6.42 Å². The highest BCUT2D eigenvalue weighted by molar-refractivity contribution is 5.85. The molecular formula is C23H39Cl2N3O5. The van der Waals surface area contributed by atoms with Crippen molar-refractivity contribution in [3.63, 3.8) is 0 Å². The van der Waals surface area contributed by atoms with E-state index in [-0.39, 0.29) is 30.7 Å². The number of nitrogens with zero attached hydrogens (tertiary/aromatic N) is 3. The number of halogens is 2. The highest BCUT2D eigenvalue weighted by atomic mass is 35.5. The minimum absolute atomic E-state index is 0. The minimum atomic E-state index is -0.135. The number of ether oxygens (including phenoxy) is 3. The Hall–Kier alpha value is -1.61. The van der Waals surface area contributed by atoms with Crippen molar-refractivity contribution in [2.24, 2.45) is 0 Å². The van der Waals surface area contributed by atoms with Crippen LogP contribution in [0.3, 0.4) is 0 Å². The van der Waals surface area contributed by atoms with Gasteiger partial charge < -0.3 is 23.9 Å². The number of hydrogen-bond acceptors (Lipinski definition) is 7. The van der Waals surface area contributed by atoms with Crippen molar-refractivity contribution in [1.29, 1.82) is 0 Å². The van der Waals surface area contributed by atoms with Gasteiger partial charge in [-0.15, -0.1) is 24.8 Å². The number of piperidine rings is 1. The molecule has 3 rings (SSSR count). The molecule has 0 aliphatic carbocycles. The average Bonchev–Trinajstić information content (AvgIpc) is 2.79. The van der Waals surface area contributed by atoms with E-state index in [1.54, 1.807) is 33.5 Å². The lowest BCUT2D eigenvalue weighted by Crippen LogP contribution is -2.54. The van der Waals surface area contributed by atoms with E-state index in [1.807, 2.05) is 0 Å². The van der Waals surface area contributed by atoms with Crippen molar-refractivity contribution in [3.8, 4) is 23.0 Å². The lowest BCUT2D eigenvalue weighted by Gasteiger charge is -2.44. The van der Waals surface area contributed by atoms with E-state index in [4.69, 9.17) is 19.0 Å². The van der Waals surface area contributed by atoms with E-state index < -0.39 is 0 Å². The SMILES string of the molecule is COc1cc(ON(CCCCN2CCN3CCCCC3C2)C(C)=O)cc(OC)c1OC.Cl.Cl. The zero-order valence-electron chi connectivity index (χ0n) is 20.2. The summed E-state index contributed by atoms with van der Waals surface area (Å²) < 4.78 is 16.1. The Balaban J connectivity index is 0.00000272. The highest BCUT2D eigenvalue weighted by Gasteiger charge is 2.28. The van der Waals surface area contributed by atoms with Crippen LogP contribution in [0.5, 0.6) is 23.0 Å². The normalized spacial score (nSPS) is 18.2. The van der Waals surface area contributed by atoms with Crippen LogP contribution in [-0.2, 0) is 4.79 Å². The Morgan fingerprint density at radius 1 is 1.00 bits per heavy atom. The highest BCUT2D eigenvalue weighted by Crippen LogP contribution is 2.41. The van der Waals surface area contributed by atoms with Crippen molar-refractivity contribution in [2.45, 2.75) is 45.1 Å². The van der Waals surface area contributed by atoms with Crippen LogP contribution in [0.15, 0.2) is 12.1 Å². The van der Waals surface area contributed by atoms with E-state index >= 15 is 0 Å². The largest absolute Gasteiger partial charge is 0.493 e. The van der Waals surface area contributed by atoms with Crippen LogP contribution in [0, 0.1) is 0 Å². The average molecular weight is 508 g/mol. The Labute approximate surface area is 210 Å². The lowest BCUT2D eigenvalue weighted by atomic mass is 9.99. The monoisotopic (exact) mass is 507 g/mol. The third-order valence-electron chi connectivity index (χ3n) is 6.21. The molecule has 190 valence electrons. The molecule has 1 aromatic carbocycles. The van der Waals surface area contributed by atoms with Gasteiger partial charge in [-0.05, 0) is 38.8 Å². The Morgan fingerprint density at radius 2 is 1.70 bits per heavy atom. The number of hydroxylamine groups is 2. The molecule has 1 amide bonds. The number of methoxy groups -OCH3 is 3. The Morgan fingerprint density at radius 3 is 2.30 bits per heavy atom. The van der Waals surface area contributed by atoms with Crippen molar-refractivity contribution >= 4 is 30.7 Å². The first-order valence-electron chi connectivity index (χ1n) is 11.3. The number of unbranched alkanes of at least 4 members (excludes halogenated alkanes) is 1. The van der Waals surface area contributed by atoms with Crippen molar-refractivity contribution < 1.29 is 23.8 Å². The maximum atomic E-state index is 12.1. The van der Waals surface area contributed by atoms with Gasteiger partial charge in [0.1, 0.15) is 0 Å². The van der Waals surface area contributed by atoms with Gasteiger partial charge >= 0.3 is 0 Å². The number of benzene rings is 1. The first kappa shape index (κ1) is 29.4. The molecule has 8 nitrogen and oxygen atoms in total. The summed E-state index contributed by atoms with van der Waals surface area (Å²) in [6, 6.07) is 4.13. The van der Waals surface area contributed by atoms with E-state index in [1.165, 1.54) is 50.9 Å². The summed E-state index contributed by atoms with van der Waals surface area (Å²) in [6.07, 6.45) is 5.96. The Bertz CT molecular complexity index is 715. The summed E-state index contributed by atoms with van der Waals surface area (Å²) in [5.41, 5.74) is 0. The number of carbonyl (C=O) groups excluding carboxylic acids is 1. The molecule has 2 fully saturated rings. The number of fused-ring (bicyclic) bond motifs is 1. The molecular weight excluding hydrogens is 469 g/mol. The van der Waals surface area contributed by atoms with E-state index in [9.17, 15) is 4.79 Å². The van der Waals surface area contributed by atoms with Crippen molar-refractivity contribution in [2.75, 3.05) is 60.6 Å². The number of rotatable bonds is 10. The number of hydrogen-bond donors (Lipinski definition) is 0. The maximum absolute atomic E-state index is 12.1. The van der Waals surface area contributed by atoms with E-state index in [0.717, 1.165) is 32.0 Å². The van der Waals surface area contributed by atoms with Crippen molar-refractivity contribution in [3.05, 3.63) is 12.1 Å². The second-order valence-electron chi connectivity index (χ2n) is 8.27. The van der Waals surface area contributed by atoms with Gasteiger partial charge in [0.05, 0.1) is 27.9 Å². The topological polar surface area (TPSA) is 63.7 Å². The Kier molecular flexibility index (Phi) is 13.0. The second-order valence-corrected chi connectivity index (χ2v) is 8.27. The molecule has 33 heavy (non-hydrogen) atoms. The zero-order chi connectivity index (χ0) is 22.2. The molecule has 0 bridgehead atoms. The molecule has 0 spiro atoms. The summed E-state index contributed by atoms with van der Waals surface area (Å²) >= 11 is 0. The molecule has 0 N–H and O–H groups in total. The summed E-state index contributed by atoms with van der Waals surface area (Å²) in [4.78, 5) is 23.2. The standard InChI is InChI=1S/C23H37N3O5.2ClH/c1-18(27)26(31-20-15-21(28-2)23(30-4)22(16-20)29-3)12-8-7-10-24-13-14-25-11-6-5-9-19(25)17-24;;/h15-16,19H,5-14,17H2,1-4H3;2*1H. The number of carbonyl (C=O) groups is 1. The molecule has 1 atom stereocenters. The minimum Gasteiger partial charge on any atom is -0.493 e. The van der Waals surface area contributed by atoms with Crippen LogP contribution in [0.1, 0.15) is 39.0 Å². The van der Waals surface area contributed by atoms with E-state index in [0.29, 0.717) is 29.5 Å². The number of amides is 1. The number of piperazine rings is 1. The van der Waals surface area contributed by atoms with Crippen LogP contribution < -0.4 is 19.0 Å². The van der Waals surface area contributed by atoms with Crippen LogP contribution >= 0.6 is 24.8 Å². The lowest BCUT2D eigenvalue weighted by molar-refractivity contribution is -0.155. The maximum Gasteiger partial charge on any atom is 0.252 e. The molecule has 0 saturated carbocycles. The third kappa shape index (κ3) is 7.98. The molecule has 0 radical (unpaired) electrons. The molecule has 1 unspecified atom stereocenters. The van der Waals surface area contributed by atoms with Gasteiger partial charge in [-0.2, -0.15) is 5.06 Å². The fourth-order valence-electron chi connectivity index (χ4n) is 4.52. The van der Waals surface area contributed by atoms with Gasteiger partial charge in [0.25, 0.3) is 5.91 Å². The van der Waals surface area contributed by atoms with Crippen LogP contribution in [-0.4, -0.2) is 87.4 Å². The van der Waals surface area contributed by atoms with Gasteiger partial charge in [0, 0.05) is 44.7 Å². The summed E-state index contributed by atoms with van der Waals surface area (Å²) in [5, 5.41) is 1.40. The van der Waals surface area contributed by atoms with Gasteiger partial charge in [0.2, 0.25) is 5.75 Å². The van der Waals surface area contributed by atoms with Crippen LogP contribution in [0.2, 0.25) is 0 Å². The summed E-state index contributed by atoms with van der Waals surface area (Å²) in [6.45, 7) is 7.90. The van der Waals surface area contributed by atoms with Crippen LogP contribution in [0.25, 0.3) is 0 Å². The fourth-order valence-corrected chi connectivity index (χ4v) is 4.52. The van der Waals surface area contributed by atoms with Gasteiger partial charge in [-0.25, -0.2) is 0 Å². The molecule has 0 aromatic heterocycles. The second kappa shape index (κ2) is 14.6. The first-order valence-corrected chi connectivity index (χ1v) is 11.3. The summed E-state index contributed by atoms with van der Waals surface area (Å²) in [5.74, 6) is 1.80. The van der Waals surface area contributed by atoms with Gasteiger partial charge in [0.15, 0.2) is 17.2 Å². The van der Waals surface area contributed by atoms with Gasteiger partial charge in [-0.3, -0.25) is 9.69 Å². The molecule has 2 saturated heterocycles. The third-order valence-corrected chi connectivity index (χ3v) is 6.21. The van der Waals surface area contributed by atoms with E-state index in [2.05, 4.69) is 9.80 Å². The van der Waals surface area contributed by atoms with Crippen LogP contribution in [0.4, 0.5) is 0 Å². The predicted molar refractivity (Wildman–Crippen MR) is 133 cm³/mol. The summed E-state index contributed by atoms with van der Waals surface area (Å²) in [7, 11) is 4.66. The fraction of sp³-hybridized carbons (Fsp3) is 0.696.